The van der Waals surface area contributed by atoms with Gasteiger partial charge in [-0.2, -0.15) is 5.26 Å². The second-order valence-electron chi connectivity index (χ2n) is 6.14. The number of hydrogen-bond acceptors (Lipinski definition) is 1. The molecule has 0 amide bonds. The van der Waals surface area contributed by atoms with Gasteiger partial charge in [-0.05, 0) is 17.5 Å². The third-order valence-electron chi connectivity index (χ3n) is 4.76. The van der Waals surface area contributed by atoms with Crippen LogP contribution in [0, 0.1) is 11.3 Å². The highest BCUT2D eigenvalue weighted by atomic mass is 35.5. The van der Waals surface area contributed by atoms with E-state index in [1.165, 1.54) is 16.0 Å². The monoisotopic (exact) mass is 312 g/mol. The standard InChI is InChI=1S/C19H20N2.ClH/c1-21(2)18-12-13-19(14-20,15-8-4-3-5-9-15)17-11-7-6-10-16(17)18;/h3-11,18H,12-13H2,1-2H3;1H. The molecular weight excluding hydrogens is 292 g/mol. The van der Waals surface area contributed by atoms with Crippen molar-refractivity contribution in [2.45, 2.75) is 24.3 Å². The Balaban J connectivity index is 0.00000176. The first-order valence-electron chi connectivity index (χ1n) is 7.55. The maximum atomic E-state index is 10.0. The smallest absolute Gasteiger partial charge is 0.113 e. The van der Waals surface area contributed by atoms with E-state index in [0.717, 1.165) is 18.4 Å². The SMILES string of the molecule is C[NH+](C)C1CCC(C#N)(c2ccccc2)c2ccccc21.[Cl-]. The zero-order valence-electron chi connectivity index (χ0n) is 13.0. The molecule has 2 aromatic rings. The maximum absolute atomic E-state index is 10.0. The lowest BCUT2D eigenvalue weighted by atomic mass is 9.65. The third-order valence-corrected chi connectivity index (χ3v) is 4.76. The summed E-state index contributed by atoms with van der Waals surface area (Å²) in [5, 5.41) is 10.0. The van der Waals surface area contributed by atoms with Crippen molar-refractivity contribution in [2.75, 3.05) is 14.1 Å². The number of nitrogens with zero attached hydrogens (tertiary/aromatic N) is 1. The van der Waals surface area contributed by atoms with E-state index in [0.29, 0.717) is 6.04 Å². The van der Waals surface area contributed by atoms with Crippen molar-refractivity contribution in [1.29, 1.82) is 5.26 Å². The Morgan fingerprint density at radius 2 is 1.68 bits per heavy atom. The molecule has 2 atom stereocenters. The first-order chi connectivity index (χ1) is 10.2. The van der Waals surface area contributed by atoms with E-state index in [1.807, 2.05) is 18.2 Å². The third kappa shape index (κ3) is 2.52. The van der Waals surface area contributed by atoms with Crippen LogP contribution in [0.1, 0.15) is 35.6 Å². The molecule has 0 heterocycles. The fraction of sp³-hybridized carbons (Fsp3) is 0.316. The average Bonchev–Trinajstić information content (AvgIpc) is 2.54. The predicted octanol–water partition coefficient (Wildman–Crippen LogP) is -0.520. The fourth-order valence-corrected chi connectivity index (χ4v) is 3.64. The highest BCUT2D eigenvalue weighted by Crippen LogP contribution is 2.44. The van der Waals surface area contributed by atoms with Crippen LogP contribution in [-0.4, -0.2) is 14.1 Å². The number of fused-ring (bicyclic) bond motifs is 1. The van der Waals surface area contributed by atoms with Crippen molar-refractivity contribution in [3.8, 4) is 6.07 Å². The lowest BCUT2D eigenvalue weighted by Crippen LogP contribution is -3.06. The fourth-order valence-electron chi connectivity index (χ4n) is 3.64. The summed E-state index contributed by atoms with van der Waals surface area (Å²) in [4.78, 5) is 1.43. The van der Waals surface area contributed by atoms with Crippen molar-refractivity contribution >= 4 is 0 Å². The van der Waals surface area contributed by atoms with Gasteiger partial charge < -0.3 is 17.3 Å². The van der Waals surface area contributed by atoms with Crippen molar-refractivity contribution in [3.05, 3.63) is 71.3 Å². The van der Waals surface area contributed by atoms with E-state index in [9.17, 15) is 5.26 Å². The molecule has 0 fully saturated rings. The van der Waals surface area contributed by atoms with Gasteiger partial charge in [-0.3, -0.25) is 0 Å². The molecule has 0 spiro atoms. The van der Waals surface area contributed by atoms with Gasteiger partial charge in [0.25, 0.3) is 0 Å². The summed E-state index contributed by atoms with van der Waals surface area (Å²) in [5.41, 5.74) is 3.14. The summed E-state index contributed by atoms with van der Waals surface area (Å²) >= 11 is 0. The van der Waals surface area contributed by atoms with Gasteiger partial charge in [0.2, 0.25) is 0 Å². The zero-order valence-corrected chi connectivity index (χ0v) is 13.8. The van der Waals surface area contributed by atoms with Gasteiger partial charge in [0.15, 0.2) is 0 Å². The normalized spacial score (nSPS) is 23.3. The molecule has 0 radical (unpaired) electrons. The lowest BCUT2D eigenvalue weighted by molar-refractivity contribution is -0.893. The van der Waals surface area contributed by atoms with E-state index in [1.54, 1.807) is 0 Å². The molecule has 0 aliphatic heterocycles. The second kappa shape index (κ2) is 6.52. The Kier molecular flexibility index (Phi) is 4.90. The highest BCUT2D eigenvalue weighted by molar-refractivity contribution is 5.51. The second-order valence-corrected chi connectivity index (χ2v) is 6.14. The summed E-state index contributed by atoms with van der Waals surface area (Å²) in [6.07, 6.45) is 1.93. The minimum Gasteiger partial charge on any atom is -1.00 e. The maximum Gasteiger partial charge on any atom is 0.113 e. The van der Waals surface area contributed by atoms with Gasteiger partial charge in [0.1, 0.15) is 11.5 Å². The van der Waals surface area contributed by atoms with E-state index in [-0.39, 0.29) is 12.4 Å². The van der Waals surface area contributed by atoms with Crippen LogP contribution in [0.5, 0.6) is 0 Å². The number of rotatable bonds is 2. The molecule has 1 N–H and O–H groups in total. The molecule has 3 heteroatoms. The van der Waals surface area contributed by atoms with Gasteiger partial charge in [-0.25, -0.2) is 0 Å². The molecule has 0 aromatic heterocycles. The van der Waals surface area contributed by atoms with Crippen LogP contribution >= 0.6 is 0 Å². The highest BCUT2D eigenvalue weighted by Gasteiger charge is 2.43. The van der Waals surface area contributed by atoms with Gasteiger partial charge in [0, 0.05) is 12.0 Å². The van der Waals surface area contributed by atoms with Crippen LogP contribution in [0.25, 0.3) is 0 Å². The van der Waals surface area contributed by atoms with Crippen molar-refractivity contribution < 1.29 is 17.3 Å². The summed E-state index contributed by atoms with van der Waals surface area (Å²) in [6, 6.07) is 21.8. The van der Waals surface area contributed by atoms with Crippen molar-refractivity contribution in [1.82, 2.24) is 0 Å². The van der Waals surface area contributed by atoms with Crippen LogP contribution in [0.3, 0.4) is 0 Å². The van der Waals surface area contributed by atoms with Crippen LogP contribution in [0.2, 0.25) is 0 Å². The van der Waals surface area contributed by atoms with Gasteiger partial charge in [-0.1, -0.05) is 54.6 Å². The summed E-state index contributed by atoms with van der Waals surface area (Å²) < 4.78 is 0. The molecule has 3 rings (SSSR count). The van der Waals surface area contributed by atoms with Crippen molar-refractivity contribution in [3.63, 3.8) is 0 Å². The predicted molar refractivity (Wildman–Crippen MR) is 84.1 cm³/mol. The number of halogens is 1. The quantitative estimate of drug-likeness (QED) is 0.794. The largest absolute Gasteiger partial charge is 1.00 e. The van der Waals surface area contributed by atoms with Crippen molar-refractivity contribution in [2.24, 2.45) is 0 Å². The molecule has 2 aromatic carbocycles. The van der Waals surface area contributed by atoms with E-state index >= 15 is 0 Å². The Bertz CT molecular complexity index is 675. The number of benzene rings is 2. The number of hydrogen-bond donors (Lipinski definition) is 1. The molecule has 114 valence electrons. The number of quaternary nitrogens is 1. The van der Waals surface area contributed by atoms with Crippen LogP contribution in [0.15, 0.2) is 54.6 Å². The minimum absolute atomic E-state index is 0. The Morgan fingerprint density at radius 3 is 2.32 bits per heavy atom. The molecular formula is C19H21ClN2. The zero-order chi connectivity index (χ0) is 14.9. The van der Waals surface area contributed by atoms with E-state index < -0.39 is 5.41 Å². The molecule has 0 saturated carbocycles. The van der Waals surface area contributed by atoms with E-state index in [2.05, 4.69) is 56.6 Å². The van der Waals surface area contributed by atoms with Gasteiger partial charge in [-0.15, -0.1) is 0 Å². The Hall–Kier alpha value is -1.82. The summed E-state index contributed by atoms with van der Waals surface area (Å²) in [5.74, 6) is 0. The first-order valence-corrected chi connectivity index (χ1v) is 7.55. The van der Waals surface area contributed by atoms with Gasteiger partial charge in [0.05, 0.1) is 20.2 Å². The van der Waals surface area contributed by atoms with Crippen LogP contribution in [-0.2, 0) is 5.41 Å². The lowest BCUT2D eigenvalue weighted by Gasteiger charge is -2.38. The first kappa shape index (κ1) is 16.5. The average molecular weight is 313 g/mol. The molecule has 0 saturated heterocycles. The molecule has 0 bridgehead atoms. The molecule has 2 unspecified atom stereocenters. The summed E-state index contributed by atoms with van der Waals surface area (Å²) in [6.45, 7) is 0. The number of nitrogens with one attached hydrogen (secondary N) is 1. The molecule has 22 heavy (non-hydrogen) atoms. The van der Waals surface area contributed by atoms with Crippen LogP contribution < -0.4 is 17.3 Å². The minimum atomic E-state index is -0.496. The Morgan fingerprint density at radius 1 is 1.05 bits per heavy atom. The van der Waals surface area contributed by atoms with E-state index in [4.69, 9.17) is 0 Å². The molecule has 2 nitrogen and oxygen atoms in total. The topological polar surface area (TPSA) is 28.2 Å². The number of nitriles is 1. The summed E-state index contributed by atoms with van der Waals surface area (Å²) in [7, 11) is 4.40. The molecule has 1 aliphatic rings. The molecule has 1 aliphatic carbocycles. The van der Waals surface area contributed by atoms with Crippen LogP contribution in [0.4, 0.5) is 0 Å². The van der Waals surface area contributed by atoms with Gasteiger partial charge >= 0.3 is 0 Å². The Labute approximate surface area is 138 Å².